The van der Waals surface area contributed by atoms with E-state index in [0.29, 0.717) is 28.3 Å². The molecule has 0 fully saturated rings. The Kier molecular flexibility index (Phi) is 5.12. The van der Waals surface area contributed by atoms with E-state index >= 15 is 0 Å². The Hall–Kier alpha value is -3.49. The van der Waals surface area contributed by atoms with Crippen molar-refractivity contribution in [2.45, 2.75) is 18.5 Å². The molecule has 2 aromatic rings. The monoisotopic (exact) mass is 433 g/mol. The topological polar surface area (TPSA) is 65.1 Å². The van der Waals surface area contributed by atoms with Gasteiger partial charge in [-0.15, -0.1) is 0 Å². The molecule has 31 heavy (non-hydrogen) atoms. The molecular formula is C22H18F3NO5. The zero-order chi connectivity index (χ0) is 22.3. The maximum Gasteiger partial charge on any atom is 0.416 e. The van der Waals surface area contributed by atoms with Gasteiger partial charge in [-0.05, 0) is 42.0 Å². The first-order valence-corrected chi connectivity index (χ1v) is 9.37. The molecule has 0 saturated carbocycles. The molecule has 0 radical (unpaired) electrons. The van der Waals surface area contributed by atoms with Gasteiger partial charge < -0.3 is 14.2 Å². The molecule has 0 unspecified atom stereocenters. The molecule has 0 spiro atoms. The smallest absolute Gasteiger partial charge is 0.416 e. The van der Waals surface area contributed by atoms with Gasteiger partial charge in [-0.25, -0.2) is 4.79 Å². The zero-order valence-corrected chi connectivity index (χ0v) is 16.7. The summed E-state index contributed by atoms with van der Waals surface area (Å²) in [7, 11) is 2.98. The third-order valence-electron chi connectivity index (χ3n) is 5.38. The number of amides is 1. The van der Waals surface area contributed by atoms with Crippen LogP contribution in [0.3, 0.4) is 0 Å². The maximum absolute atomic E-state index is 13.0. The number of halogens is 3. The third-order valence-corrected chi connectivity index (χ3v) is 5.38. The summed E-state index contributed by atoms with van der Waals surface area (Å²) >= 11 is 0. The summed E-state index contributed by atoms with van der Waals surface area (Å²) < 4.78 is 54.4. The number of alkyl halides is 3. The minimum Gasteiger partial charge on any atom is -0.493 e. The molecule has 162 valence electrons. The molecular weight excluding hydrogens is 415 g/mol. The van der Waals surface area contributed by atoms with E-state index in [2.05, 4.69) is 0 Å². The Morgan fingerprint density at radius 3 is 2.29 bits per heavy atom. The quantitative estimate of drug-likeness (QED) is 0.681. The minimum absolute atomic E-state index is 0.0512. The van der Waals surface area contributed by atoms with Crippen LogP contribution in [0.4, 0.5) is 18.9 Å². The fourth-order valence-corrected chi connectivity index (χ4v) is 3.91. The number of carbonyl (C=O) groups is 2. The van der Waals surface area contributed by atoms with E-state index in [1.165, 1.54) is 31.3 Å². The molecule has 0 aliphatic carbocycles. The van der Waals surface area contributed by atoms with Gasteiger partial charge in [0.25, 0.3) is 0 Å². The van der Waals surface area contributed by atoms with E-state index in [1.807, 2.05) is 0 Å². The van der Waals surface area contributed by atoms with E-state index in [1.54, 1.807) is 18.2 Å². The average Bonchev–Trinajstić information content (AvgIpc) is 3.13. The number of methoxy groups -OCH3 is 2. The number of carbonyl (C=O) groups excluding carboxylic acids is 2. The van der Waals surface area contributed by atoms with Crippen LogP contribution in [0.15, 0.2) is 53.7 Å². The van der Waals surface area contributed by atoms with Gasteiger partial charge in [-0.2, -0.15) is 13.2 Å². The molecule has 2 aliphatic heterocycles. The van der Waals surface area contributed by atoms with Crippen molar-refractivity contribution >= 4 is 17.6 Å². The van der Waals surface area contributed by atoms with E-state index in [0.717, 1.165) is 12.1 Å². The Bertz CT molecular complexity index is 1080. The van der Waals surface area contributed by atoms with E-state index in [9.17, 15) is 22.8 Å². The van der Waals surface area contributed by atoms with Crippen LogP contribution in [-0.2, 0) is 20.5 Å². The lowest BCUT2D eigenvalue weighted by atomic mass is 9.84. The number of esters is 1. The lowest BCUT2D eigenvalue weighted by Crippen LogP contribution is -2.37. The summed E-state index contributed by atoms with van der Waals surface area (Å²) in [6.45, 7) is -0.134. The van der Waals surface area contributed by atoms with Gasteiger partial charge in [-0.1, -0.05) is 6.07 Å². The first-order chi connectivity index (χ1) is 14.7. The number of hydrogen-bond acceptors (Lipinski definition) is 5. The largest absolute Gasteiger partial charge is 0.493 e. The van der Waals surface area contributed by atoms with Crippen LogP contribution < -0.4 is 14.4 Å². The number of anilines is 1. The van der Waals surface area contributed by atoms with Crippen molar-refractivity contribution in [2.24, 2.45) is 0 Å². The molecule has 2 aromatic carbocycles. The molecule has 0 N–H and O–H groups in total. The fraction of sp³-hybridized carbons (Fsp3) is 0.273. The van der Waals surface area contributed by atoms with Gasteiger partial charge in [0.05, 0.1) is 31.1 Å². The first-order valence-electron chi connectivity index (χ1n) is 9.37. The molecule has 2 aliphatic rings. The third kappa shape index (κ3) is 3.60. The van der Waals surface area contributed by atoms with Crippen LogP contribution in [0.25, 0.3) is 0 Å². The summed E-state index contributed by atoms with van der Waals surface area (Å²) in [5.74, 6) is -0.520. The summed E-state index contributed by atoms with van der Waals surface area (Å²) in [4.78, 5) is 26.8. The van der Waals surface area contributed by atoms with Gasteiger partial charge in [0.15, 0.2) is 11.5 Å². The van der Waals surface area contributed by atoms with Gasteiger partial charge in [-0.3, -0.25) is 9.69 Å². The number of cyclic esters (lactones) is 1. The van der Waals surface area contributed by atoms with Crippen molar-refractivity contribution in [1.82, 2.24) is 0 Å². The van der Waals surface area contributed by atoms with E-state index in [-0.39, 0.29) is 24.6 Å². The first kappa shape index (κ1) is 20.8. The number of hydrogen-bond donors (Lipinski definition) is 0. The Morgan fingerprint density at radius 1 is 1.00 bits per heavy atom. The van der Waals surface area contributed by atoms with Crippen LogP contribution >= 0.6 is 0 Å². The highest BCUT2D eigenvalue weighted by atomic mass is 19.4. The van der Waals surface area contributed by atoms with Crippen molar-refractivity contribution < 1.29 is 37.0 Å². The SMILES string of the molecule is COc1ccc([C@H]2CC(=O)N(c3ccc(C(F)(F)F)cc3)C3=C2C(=O)OC3)cc1OC. The summed E-state index contributed by atoms with van der Waals surface area (Å²) in [6.07, 6.45) is -4.54. The molecule has 0 aromatic heterocycles. The van der Waals surface area contributed by atoms with Crippen LogP contribution in [0, 0.1) is 0 Å². The predicted octanol–water partition coefficient (Wildman–Crippen LogP) is 4.05. The second-order valence-electron chi connectivity index (χ2n) is 7.08. The average molecular weight is 433 g/mol. The fourth-order valence-electron chi connectivity index (χ4n) is 3.91. The zero-order valence-electron chi connectivity index (χ0n) is 16.7. The highest BCUT2D eigenvalue weighted by Crippen LogP contribution is 2.44. The van der Waals surface area contributed by atoms with Gasteiger partial charge in [0.2, 0.25) is 5.91 Å². The highest BCUT2D eigenvalue weighted by Gasteiger charge is 2.43. The van der Waals surface area contributed by atoms with E-state index in [4.69, 9.17) is 14.2 Å². The minimum atomic E-state index is -4.49. The number of benzene rings is 2. The van der Waals surface area contributed by atoms with E-state index < -0.39 is 23.6 Å². The Labute approximate surface area is 175 Å². The van der Waals surface area contributed by atoms with Gasteiger partial charge in [0, 0.05) is 18.0 Å². The molecule has 9 heteroatoms. The molecule has 0 bridgehead atoms. The van der Waals surface area contributed by atoms with Gasteiger partial charge in [0.1, 0.15) is 6.61 Å². The molecule has 0 saturated heterocycles. The van der Waals surface area contributed by atoms with Crippen LogP contribution in [0.1, 0.15) is 23.5 Å². The number of rotatable bonds is 4. The standard InChI is InChI=1S/C22H18F3NO5/c1-29-17-8-3-12(9-18(17)30-2)15-10-19(27)26(16-11-31-21(28)20(15)16)14-6-4-13(5-7-14)22(23,24)25/h3-9,15H,10-11H2,1-2H3/t15-/m1/s1. The summed E-state index contributed by atoms with van der Waals surface area (Å²) in [5, 5.41) is 0. The van der Waals surface area contributed by atoms with Crippen LogP contribution in [0.5, 0.6) is 11.5 Å². The Morgan fingerprint density at radius 2 is 1.68 bits per heavy atom. The normalized spacial score (nSPS) is 18.7. The molecule has 2 heterocycles. The molecule has 4 rings (SSSR count). The number of nitrogens with zero attached hydrogens (tertiary/aromatic N) is 1. The van der Waals surface area contributed by atoms with Crippen molar-refractivity contribution in [3.05, 3.63) is 64.9 Å². The second kappa shape index (κ2) is 7.64. The predicted molar refractivity (Wildman–Crippen MR) is 104 cm³/mol. The Balaban J connectivity index is 1.76. The van der Waals surface area contributed by atoms with Crippen molar-refractivity contribution in [1.29, 1.82) is 0 Å². The highest BCUT2D eigenvalue weighted by molar-refractivity contribution is 6.06. The molecule has 6 nitrogen and oxygen atoms in total. The molecule has 1 atom stereocenters. The molecule has 1 amide bonds. The lowest BCUT2D eigenvalue weighted by Gasteiger charge is -2.32. The van der Waals surface area contributed by atoms with Crippen LogP contribution in [-0.4, -0.2) is 32.7 Å². The second-order valence-corrected chi connectivity index (χ2v) is 7.08. The maximum atomic E-state index is 13.0. The van der Waals surface area contributed by atoms with Crippen molar-refractivity contribution in [2.75, 3.05) is 25.7 Å². The summed E-state index contributed by atoms with van der Waals surface area (Å²) in [6, 6.07) is 9.35. The number of ether oxygens (including phenoxy) is 3. The van der Waals surface area contributed by atoms with Crippen LogP contribution in [0.2, 0.25) is 0 Å². The van der Waals surface area contributed by atoms with Gasteiger partial charge >= 0.3 is 12.1 Å². The lowest BCUT2D eigenvalue weighted by molar-refractivity contribution is -0.138. The van der Waals surface area contributed by atoms with Crippen molar-refractivity contribution in [3.8, 4) is 11.5 Å². The van der Waals surface area contributed by atoms with Crippen molar-refractivity contribution in [3.63, 3.8) is 0 Å². The summed E-state index contributed by atoms with van der Waals surface area (Å²) in [5.41, 5.74) is 0.739.